The highest BCUT2D eigenvalue weighted by Gasteiger charge is 2.18. The van der Waals surface area contributed by atoms with Crippen molar-refractivity contribution in [3.8, 4) is 22.6 Å². The van der Waals surface area contributed by atoms with E-state index < -0.39 is 0 Å². The standard InChI is InChI=1S/C14H10O2/c1-3-7-11(8-4-1)13-14(16-15-13)12-9-5-2-6-10-12/h1-10H. The zero-order valence-corrected chi connectivity index (χ0v) is 8.59. The maximum atomic E-state index is 5.06. The average molecular weight is 210 g/mol. The first kappa shape index (κ1) is 9.04. The summed E-state index contributed by atoms with van der Waals surface area (Å²) in [6, 6.07) is 19.9. The van der Waals surface area contributed by atoms with Crippen LogP contribution in [0.1, 0.15) is 0 Å². The van der Waals surface area contributed by atoms with Crippen molar-refractivity contribution in [2.75, 3.05) is 0 Å². The molecule has 0 saturated heterocycles. The van der Waals surface area contributed by atoms with Gasteiger partial charge < -0.3 is 0 Å². The molecule has 2 heteroatoms. The third-order valence-electron chi connectivity index (χ3n) is 2.49. The van der Waals surface area contributed by atoms with Crippen molar-refractivity contribution in [1.82, 2.24) is 0 Å². The Morgan fingerprint density at radius 3 is 1.19 bits per heavy atom. The molecule has 0 unspecified atom stereocenters. The SMILES string of the molecule is c1ccc(-c2ooc2-c2ccccc2)cc1. The van der Waals surface area contributed by atoms with Crippen molar-refractivity contribution in [3.63, 3.8) is 0 Å². The molecule has 0 spiro atoms. The molecule has 0 aliphatic rings. The van der Waals surface area contributed by atoms with Gasteiger partial charge in [0.15, 0.2) is 0 Å². The van der Waals surface area contributed by atoms with Crippen LogP contribution in [-0.2, 0) is 0 Å². The largest absolute Gasteiger partial charge is 0.285 e. The third kappa shape index (κ3) is 1.44. The van der Waals surface area contributed by atoms with E-state index in [-0.39, 0.29) is 0 Å². The van der Waals surface area contributed by atoms with E-state index >= 15 is 0 Å². The zero-order chi connectivity index (χ0) is 10.8. The topological polar surface area (TPSA) is 26.3 Å². The highest BCUT2D eigenvalue weighted by Crippen LogP contribution is 2.35. The monoisotopic (exact) mass is 210 g/mol. The summed E-state index contributed by atoms with van der Waals surface area (Å²) in [6.07, 6.45) is 0. The van der Waals surface area contributed by atoms with Gasteiger partial charge in [-0.25, -0.2) is 0 Å². The van der Waals surface area contributed by atoms with E-state index in [2.05, 4.69) is 0 Å². The maximum Gasteiger partial charge on any atom is 0.233 e. The summed E-state index contributed by atoms with van der Waals surface area (Å²) in [7, 11) is 0. The Bertz CT molecular complexity index is 508. The predicted octanol–water partition coefficient (Wildman–Crippen LogP) is 4.21. The fourth-order valence-corrected chi connectivity index (χ4v) is 1.66. The van der Waals surface area contributed by atoms with Crippen molar-refractivity contribution >= 4 is 0 Å². The Hall–Kier alpha value is -2.22. The van der Waals surface area contributed by atoms with Gasteiger partial charge in [0.2, 0.25) is 11.5 Å². The van der Waals surface area contributed by atoms with Gasteiger partial charge in [0, 0.05) is 11.1 Å². The summed E-state index contributed by atoms with van der Waals surface area (Å²) < 4.78 is 10.1. The molecular formula is C14H10O2. The summed E-state index contributed by atoms with van der Waals surface area (Å²) in [6.45, 7) is 0. The molecular weight excluding hydrogens is 200 g/mol. The van der Waals surface area contributed by atoms with Crippen LogP contribution in [0, 0.1) is 0 Å². The number of hydrogen-bond acceptors (Lipinski definition) is 2. The predicted molar refractivity (Wildman–Crippen MR) is 61.8 cm³/mol. The van der Waals surface area contributed by atoms with Crippen LogP contribution in [0.5, 0.6) is 0 Å². The number of hydrogen-bond donors (Lipinski definition) is 0. The van der Waals surface area contributed by atoms with E-state index in [4.69, 9.17) is 9.15 Å². The van der Waals surface area contributed by atoms with Crippen molar-refractivity contribution < 1.29 is 9.15 Å². The summed E-state index contributed by atoms with van der Waals surface area (Å²) in [5.41, 5.74) is 2.07. The molecule has 0 bridgehead atoms. The molecule has 0 atom stereocenters. The van der Waals surface area contributed by atoms with Crippen LogP contribution >= 0.6 is 0 Å². The van der Waals surface area contributed by atoms with Crippen LogP contribution in [0.4, 0.5) is 0 Å². The van der Waals surface area contributed by atoms with E-state index in [0.29, 0.717) is 0 Å². The first-order valence-electron chi connectivity index (χ1n) is 5.15. The fourth-order valence-electron chi connectivity index (χ4n) is 1.66. The van der Waals surface area contributed by atoms with Crippen LogP contribution in [0.2, 0.25) is 0 Å². The fraction of sp³-hybridized carbons (Fsp3) is 0. The molecule has 0 N–H and O–H groups in total. The molecule has 78 valence electrons. The van der Waals surface area contributed by atoms with Gasteiger partial charge in [0.1, 0.15) is 0 Å². The molecule has 1 heterocycles. The Morgan fingerprint density at radius 2 is 0.875 bits per heavy atom. The lowest BCUT2D eigenvalue weighted by atomic mass is 10.1. The highest BCUT2D eigenvalue weighted by molar-refractivity contribution is 5.75. The molecule has 1 aromatic heterocycles. The Balaban J connectivity index is 2.03. The molecule has 0 aliphatic carbocycles. The lowest BCUT2D eigenvalue weighted by molar-refractivity contribution is 0.0238. The van der Waals surface area contributed by atoms with Gasteiger partial charge in [-0.2, -0.15) is 0 Å². The summed E-state index contributed by atoms with van der Waals surface area (Å²) in [5, 5.41) is 0. The van der Waals surface area contributed by atoms with Crippen LogP contribution in [0.3, 0.4) is 0 Å². The van der Waals surface area contributed by atoms with Gasteiger partial charge in [-0.3, -0.25) is 9.15 Å². The second kappa shape index (κ2) is 3.74. The maximum absolute atomic E-state index is 5.06. The van der Waals surface area contributed by atoms with Gasteiger partial charge >= 0.3 is 0 Å². The quantitative estimate of drug-likeness (QED) is 0.592. The highest BCUT2D eigenvalue weighted by atomic mass is 17.0. The Labute approximate surface area is 93.1 Å². The van der Waals surface area contributed by atoms with Crippen molar-refractivity contribution in [1.29, 1.82) is 0 Å². The normalized spacial score (nSPS) is 10.5. The van der Waals surface area contributed by atoms with E-state index in [9.17, 15) is 0 Å². The van der Waals surface area contributed by atoms with Gasteiger partial charge in [-0.15, -0.1) is 0 Å². The van der Waals surface area contributed by atoms with Crippen molar-refractivity contribution in [2.24, 2.45) is 0 Å². The van der Waals surface area contributed by atoms with Gasteiger partial charge in [-0.1, -0.05) is 60.7 Å². The second-order valence-electron chi connectivity index (χ2n) is 3.56. The van der Waals surface area contributed by atoms with Crippen LogP contribution in [0.25, 0.3) is 22.6 Å². The molecule has 0 aliphatic heterocycles. The molecule has 0 saturated carbocycles. The Kier molecular flexibility index (Phi) is 2.11. The zero-order valence-electron chi connectivity index (χ0n) is 8.59. The smallest absolute Gasteiger partial charge is 0.233 e. The van der Waals surface area contributed by atoms with Gasteiger partial charge in [0.25, 0.3) is 0 Å². The lowest BCUT2D eigenvalue weighted by Crippen LogP contribution is -1.87. The second-order valence-corrected chi connectivity index (χ2v) is 3.56. The minimum absolute atomic E-state index is 0.798. The van der Waals surface area contributed by atoms with Crippen LogP contribution in [0.15, 0.2) is 69.8 Å². The van der Waals surface area contributed by atoms with E-state index in [1.54, 1.807) is 0 Å². The van der Waals surface area contributed by atoms with E-state index in [0.717, 1.165) is 22.6 Å². The minimum atomic E-state index is 0.798. The van der Waals surface area contributed by atoms with E-state index in [1.807, 2.05) is 60.7 Å². The molecule has 2 nitrogen and oxygen atoms in total. The van der Waals surface area contributed by atoms with E-state index in [1.165, 1.54) is 0 Å². The molecule has 2 aromatic carbocycles. The first-order valence-corrected chi connectivity index (χ1v) is 5.15. The van der Waals surface area contributed by atoms with Crippen LogP contribution in [-0.4, -0.2) is 0 Å². The molecule has 0 radical (unpaired) electrons. The summed E-state index contributed by atoms with van der Waals surface area (Å²) in [5.74, 6) is 1.60. The lowest BCUT2D eigenvalue weighted by Gasteiger charge is -2.08. The van der Waals surface area contributed by atoms with Crippen LogP contribution < -0.4 is 0 Å². The third-order valence-corrected chi connectivity index (χ3v) is 2.49. The first-order chi connectivity index (χ1) is 7.95. The molecule has 3 rings (SSSR count). The van der Waals surface area contributed by atoms with Crippen molar-refractivity contribution in [2.45, 2.75) is 0 Å². The molecule has 16 heavy (non-hydrogen) atoms. The molecule has 3 aromatic rings. The van der Waals surface area contributed by atoms with Crippen molar-refractivity contribution in [3.05, 3.63) is 60.7 Å². The summed E-state index contributed by atoms with van der Waals surface area (Å²) >= 11 is 0. The number of rotatable bonds is 2. The van der Waals surface area contributed by atoms with Gasteiger partial charge in [0.05, 0.1) is 0 Å². The summed E-state index contributed by atoms with van der Waals surface area (Å²) in [4.78, 5) is 0. The number of benzene rings is 2. The molecule has 0 amide bonds. The minimum Gasteiger partial charge on any atom is -0.285 e. The van der Waals surface area contributed by atoms with Gasteiger partial charge in [-0.05, 0) is 0 Å². The average Bonchev–Trinajstić information content (AvgIpc) is 2.30. The molecule has 0 fully saturated rings. The Morgan fingerprint density at radius 1 is 0.500 bits per heavy atom.